The van der Waals surface area contributed by atoms with Crippen LogP contribution in [0.15, 0.2) is 34.9 Å². The number of rotatable bonds is 1. The number of nitrogens with zero attached hydrogens (tertiary/aromatic N) is 2. The van der Waals surface area contributed by atoms with E-state index in [1.165, 1.54) is 0 Å². The molecule has 0 aliphatic rings. The average molecular weight is 214 g/mol. The van der Waals surface area contributed by atoms with E-state index >= 15 is 0 Å². The molecule has 0 bridgehead atoms. The van der Waals surface area contributed by atoms with E-state index < -0.39 is 12.0 Å². The van der Waals surface area contributed by atoms with Crippen LogP contribution in [0.1, 0.15) is 5.82 Å². The second-order valence-electron chi connectivity index (χ2n) is 2.79. The summed E-state index contributed by atoms with van der Waals surface area (Å²) >= 11 is 0. The molecule has 1 aromatic carbocycles. The van der Waals surface area contributed by atoms with E-state index in [2.05, 4.69) is 14.7 Å². The third-order valence-corrected chi connectivity index (χ3v) is 1.70. The van der Waals surface area contributed by atoms with Crippen LogP contribution in [0.5, 0.6) is 0 Å². The van der Waals surface area contributed by atoms with Crippen LogP contribution < -0.4 is 0 Å². The first kappa shape index (κ1) is 9.70. The van der Waals surface area contributed by atoms with Crippen molar-refractivity contribution in [3.63, 3.8) is 0 Å². The Kier molecular flexibility index (Phi) is 2.18. The molecule has 0 spiro atoms. The molecule has 0 saturated carbocycles. The molecule has 3 nitrogen and oxygen atoms in total. The molecular formula is C9H5F3N2O. The summed E-state index contributed by atoms with van der Waals surface area (Å²) in [6.07, 6.45) is -4.57. The van der Waals surface area contributed by atoms with E-state index in [0.717, 1.165) is 0 Å². The molecule has 2 aromatic rings. The summed E-state index contributed by atoms with van der Waals surface area (Å²) in [5.74, 6) is -1.40. The molecule has 0 unspecified atom stereocenters. The zero-order valence-corrected chi connectivity index (χ0v) is 7.32. The van der Waals surface area contributed by atoms with Gasteiger partial charge in [0.15, 0.2) is 0 Å². The predicted octanol–water partition coefficient (Wildman–Crippen LogP) is 2.76. The highest BCUT2D eigenvalue weighted by atomic mass is 19.4. The fourth-order valence-electron chi connectivity index (χ4n) is 1.04. The fourth-order valence-corrected chi connectivity index (χ4v) is 1.04. The number of hydrogen-bond donors (Lipinski definition) is 0. The highest BCUT2D eigenvalue weighted by molar-refractivity contribution is 5.52. The maximum absolute atomic E-state index is 12.1. The van der Waals surface area contributed by atoms with Crippen LogP contribution in [-0.2, 0) is 6.18 Å². The van der Waals surface area contributed by atoms with Gasteiger partial charge in [-0.2, -0.15) is 18.2 Å². The molecule has 0 aliphatic heterocycles. The zero-order chi connectivity index (χ0) is 10.9. The van der Waals surface area contributed by atoms with Gasteiger partial charge in [-0.15, -0.1) is 0 Å². The van der Waals surface area contributed by atoms with E-state index in [4.69, 9.17) is 0 Å². The lowest BCUT2D eigenvalue weighted by Gasteiger charge is -1.96. The molecule has 0 radical (unpaired) electrons. The van der Waals surface area contributed by atoms with Gasteiger partial charge in [0.05, 0.1) is 0 Å². The Morgan fingerprint density at radius 3 is 2.27 bits per heavy atom. The van der Waals surface area contributed by atoms with Crippen LogP contribution in [-0.4, -0.2) is 10.1 Å². The highest BCUT2D eigenvalue weighted by Crippen LogP contribution is 2.28. The van der Waals surface area contributed by atoms with Gasteiger partial charge in [0, 0.05) is 5.56 Å². The Labute approximate surface area is 82.5 Å². The molecular weight excluding hydrogens is 209 g/mol. The third-order valence-electron chi connectivity index (χ3n) is 1.70. The van der Waals surface area contributed by atoms with Crippen LogP contribution >= 0.6 is 0 Å². The van der Waals surface area contributed by atoms with E-state index in [-0.39, 0.29) is 5.89 Å². The second kappa shape index (κ2) is 3.38. The normalized spacial score (nSPS) is 11.7. The Hall–Kier alpha value is -1.85. The first-order chi connectivity index (χ1) is 7.07. The molecule has 0 N–H and O–H groups in total. The van der Waals surface area contributed by atoms with Crippen molar-refractivity contribution in [1.82, 2.24) is 10.1 Å². The molecule has 2 rings (SSSR count). The fraction of sp³-hybridized carbons (Fsp3) is 0.111. The van der Waals surface area contributed by atoms with Gasteiger partial charge in [0.2, 0.25) is 0 Å². The van der Waals surface area contributed by atoms with Gasteiger partial charge in [-0.05, 0) is 12.1 Å². The minimum Gasteiger partial charge on any atom is -0.334 e. The summed E-state index contributed by atoms with van der Waals surface area (Å²) in [5, 5.41) is 2.85. The van der Waals surface area contributed by atoms with Crippen molar-refractivity contribution < 1.29 is 17.7 Å². The minimum atomic E-state index is -4.57. The molecule has 0 amide bonds. The van der Waals surface area contributed by atoms with Crippen molar-refractivity contribution in [2.24, 2.45) is 0 Å². The average Bonchev–Trinajstić information content (AvgIpc) is 2.67. The van der Waals surface area contributed by atoms with Crippen molar-refractivity contribution in [2.45, 2.75) is 6.18 Å². The molecule has 0 atom stereocenters. The van der Waals surface area contributed by atoms with E-state index in [1.807, 2.05) is 0 Å². The van der Waals surface area contributed by atoms with Crippen molar-refractivity contribution in [1.29, 1.82) is 0 Å². The smallest absolute Gasteiger partial charge is 0.334 e. The first-order valence-electron chi connectivity index (χ1n) is 4.04. The second-order valence-corrected chi connectivity index (χ2v) is 2.79. The number of alkyl halides is 3. The maximum Gasteiger partial charge on any atom is 0.455 e. The van der Waals surface area contributed by atoms with Gasteiger partial charge in [0.25, 0.3) is 11.7 Å². The summed E-state index contributed by atoms with van der Waals surface area (Å²) < 4.78 is 40.9. The predicted molar refractivity (Wildman–Crippen MR) is 44.7 cm³/mol. The molecule has 1 aromatic heterocycles. The standard InChI is InChI=1S/C9H5F3N2O/c10-9(11,12)8-13-7(15-14-8)6-4-2-1-3-5-6/h1-5H. The number of aromatic nitrogens is 2. The summed E-state index contributed by atoms with van der Waals surface area (Å²) in [6, 6.07) is 8.27. The third kappa shape index (κ3) is 1.98. The lowest BCUT2D eigenvalue weighted by molar-refractivity contribution is -0.146. The molecule has 0 aliphatic carbocycles. The lowest BCUT2D eigenvalue weighted by Crippen LogP contribution is -2.06. The maximum atomic E-state index is 12.1. The van der Waals surface area contributed by atoms with Crippen LogP contribution in [0.3, 0.4) is 0 Å². The summed E-state index contributed by atoms with van der Waals surface area (Å²) in [7, 11) is 0. The topological polar surface area (TPSA) is 38.9 Å². The van der Waals surface area contributed by atoms with Crippen LogP contribution in [0.4, 0.5) is 13.2 Å². The van der Waals surface area contributed by atoms with Crippen LogP contribution in [0.2, 0.25) is 0 Å². The molecule has 78 valence electrons. The summed E-state index contributed by atoms with van der Waals surface area (Å²) in [6.45, 7) is 0. The van der Waals surface area contributed by atoms with Crippen LogP contribution in [0.25, 0.3) is 11.5 Å². The Morgan fingerprint density at radius 2 is 1.73 bits per heavy atom. The summed E-state index contributed by atoms with van der Waals surface area (Å²) in [4.78, 5) is 3.25. The molecule has 6 heteroatoms. The van der Waals surface area contributed by atoms with E-state index in [0.29, 0.717) is 5.56 Å². The van der Waals surface area contributed by atoms with E-state index in [1.54, 1.807) is 30.3 Å². The van der Waals surface area contributed by atoms with Crippen molar-refractivity contribution in [2.75, 3.05) is 0 Å². The largest absolute Gasteiger partial charge is 0.455 e. The molecule has 0 fully saturated rings. The van der Waals surface area contributed by atoms with Crippen molar-refractivity contribution >= 4 is 0 Å². The number of halogens is 3. The monoisotopic (exact) mass is 214 g/mol. The Bertz CT molecular complexity index is 450. The van der Waals surface area contributed by atoms with Gasteiger partial charge in [-0.1, -0.05) is 23.4 Å². The first-order valence-corrected chi connectivity index (χ1v) is 4.04. The highest BCUT2D eigenvalue weighted by Gasteiger charge is 2.37. The zero-order valence-electron chi connectivity index (χ0n) is 7.32. The number of benzene rings is 1. The van der Waals surface area contributed by atoms with Gasteiger partial charge in [0.1, 0.15) is 0 Å². The van der Waals surface area contributed by atoms with Gasteiger partial charge in [-0.3, -0.25) is 0 Å². The van der Waals surface area contributed by atoms with Gasteiger partial charge < -0.3 is 4.52 Å². The van der Waals surface area contributed by atoms with Gasteiger partial charge >= 0.3 is 6.18 Å². The minimum absolute atomic E-state index is 0.136. The Balaban J connectivity index is 2.37. The SMILES string of the molecule is FC(F)(F)c1noc(-c2ccccc2)n1. The van der Waals surface area contributed by atoms with Crippen LogP contribution in [0, 0.1) is 0 Å². The number of hydrogen-bond acceptors (Lipinski definition) is 3. The van der Waals surface area contributed by atoms with Crippen molar-refractivity contribution in [3.8, 4) is 11.5 Å². The quantitative estimate of drug-likeness (QED) is 0.732. The Morgan fingerprint density at radius 1 is 1.07 bits per heavy atom. The molecule has 15 heavy (non-hydrogen) atoms. The lowest BCUT2D eigenvalue weighted by atomic mass is 10.2. The van der Waals surface area contributed by atoms with Crippen molar-refractivity contribution in [3.05, 3.63) is 36.2 Å². The van der Waals surface area contributed by atoms with E-state index in [9.17, 15) is 13.2 Å². The molecule has 0 saturated heterocycles. The summed E-state index contributed by atoms with van der Waals surface area (Å²) in [5.41, 5.74) is 0.459. The van der Waals surface area contributed by atoms with Gasteiger partial charge in [-0.25, -0.2) is 0 Å². The molecule has 1 heterocycles.